The van der Waals surface area contributed by atoms with Crippen LogP contribution in [0.4, 0.5) is 25.0 Å². The molecule has 0 saturated carbocycles. The molecule has 6 rings (SSSR count). The highest BCUT2D eigenvalue weighted by atomic mass is 32.2. The van der Waals surface area contributed by atoms with Gasteiger partial charge in [-0.3, -0.25) is 19.3 Å². The van der Waals surface area contributed by atoms with Crippen molar-refractivity contribution in [2.75, 3.05) is 29.8 Å². The van der Waals surface area contributed by atoms with E-state index in [9.17, 15) is 32.7 Å². The number of aromatic nitrogens is 5. The molecule has 17 nitrogen and oxygen atoms in total. The number of rotatable bonds is 10. The molecular formula is C30H28F2N10O7S. The minimum atomic E-state index is -4.41. The lowest BCUT2D eigenvalue weighted by Gasteiger charge is -2.45. The van der Waals surface area contributed by atoms with Gasteiger partial charge in [-0.15, -0.1) is 5.10 Å². The van der Waals surface area contributed by atoms with E-state index in [2.05, 4.69) is 31.1 Å². The van der Waals surface area contributed by atoms with Crippen molar-refractivity contribution < 1.29 is 41.5 Å². The Morgan fingerprint density at radius 1 is 1.08 bits per heavy atom. The lowest BCUT2D eigenvalue weighted by molar-refractivity contribution is -0.139. The van der Waals surface area contributed by atoms with Gasteiger partial charge < -0.3 is 20.6 Å². The Balaban J connectivity index is 1.12. The van der Waals surface area contributed by atoms with Crippen molar-refractivity contribution in [3.8, 4) is 5.69 Å². The second-order valence-corrected chi connectivity index (χ2v) is 13.2. The maximum atomic E-state index is 15.1. The maximum absolute atomic E-state index is 15.1. The normalized spacial score (nSPS) is 18.4. The molecule has 0 bridgehead atoms. The zero-order valence-electron chi connectivity index (χ0n) is 26.0. The number of urea groups is 1. The number of hydrogen-bond acceptors (Lipinski definition) is 11. The number of carbonyl (C=O) groups excluding carboxylic acids is 3. The number of amides is 4. The van der Waals surface area contributed by atoms with Crippen molar-refractivity contribution in [1.82, 2.24) is 40.7 Å². The van der Waals surface area contributed by atoms with E-state index in [0.717, 1.165) is 4.90 Å². The number of hydrogen-bond donors (Lipinski definition) is 4. The van der Waals surface area contributed by atoms with E-state index in [1.165, 1.54) is 58.5 Å². The van der Waals surface area contributed by atoms with Crippen LogP contribution in [0.1, 0.15) is 22.5 Å². The van der Waals surface area contributed by atoms with Gasteiger partial charge in [0.1, 0.15) is 24.0 Å². The summed E-state index contributed by atoms with van der Waals surface area (Å²) in [7, 11) is -2.80. The van der Waals surface area contributed by atoms with Crippen LogP contribution < -0.4 is 20.3 Å². The summed E-state index contributed by atoms with van der Waals surface area (Å²) < 4.78 is 59.0. The third-order valence-corrected chi connectivity index (χ3v) is 9.75. The quantitative estimate of drug-likeness (QED) is 0.181. The van der Waals surface area contributed by atoms with Gasteiger partial charge >= 0.3 is 12.0 Å². The van der Waals surface area contributed by atoms with Crippen molar-refractivity contribution in [3.63, 3.8) is 0 Å². The van der Waals surface area contributed by atoms with E-state index in [4.69, 9.17) is 0 Å². The first-order valence-corrected chi connectivity index (χ1v) is 16.5. The number of aliphatic carboxylic acids is 1. The predicted octanol–water partition coefficient (Wildman–Crippen LogP) is 0.939. The SMILES string of the molecule is CN1C(=O)N(c2ccc(C[C@H](NC(=O)c3cc(F)c(NS(=O)(=O)c4ccc(-n5cnnn5)cc4)cc3F)C(=O)O)nc2)C(=O)C2CCNCC21. The number of likely N-dealkylation sites (N-methyl/N-ethyl adjacent to an activating group) is 1. The minimum Gasteiger partial charge on any atom is -0.480 e. The van der Waals surface area contributed by atoms with Crippen LogP contribution in [0.5, 0.6) is 0 Å². The summed E-state index contributed by atoms with van der Waals surface area (Å²) in [5, 5.41) is 25.7. The summed E-state index contributed by atoms with van der Waals surface area (Å²) in [6.07, 6.45) is 2.67. The lowest BCUT2D eigenvalue weighted by Crippen LogP contribution is -2.65. The van der Waals surface area contributed by atoms with Crippen LogP contribution in [-0.2, 0) is 26.0 Å². The molecule has 0 radical (unpaired) electrons. The molecule has 2 saturated heterocycles. The molecular weight excluding hydrogens is 682 g/mol. The van der Waals surface area contributed by atoms with E-state index >= 15 is 8.78 Å². The van der Waals surface area contributed by atoms with Crippen LogP contribution in [0.25, 0.3) is 5.69 Å². The molecule has 260 valence electrons. The van der Waals surface area contributed by atoms with Crippen molar-refractivity contribution in [3.05, 3.63) is 83.9 Å². The number of nitrogens with one attached hydrogen (secondary N) is 3. The number of carboxylic acid groups (broad SMARTS) is 1. The summed E-state index contributed by atoms with van der Waals surface area (Å²) in [6, 6.07) is 6.39. The molecule has 4 amide bonds. The van der Waals surface area contributed by atoms with Crippen LogP contribution in [0.3, 0.4) is 0 Å². The molecule has 4 N–H and O–H groups in total. The highest BCUT2D eigenvalue weighted by Gasteiger charge is 2.46. The molecule has 0 aliphatic carbocycles. The van der Waals surface area contributed by atoms with Crippen molar-refractivity contribution >= 4 is 45.2 Å². The number of halogens is 2. The fourth-order valence-corrected chi connectivity index (χ4v) is 6.77. The Kier molecular flexibility index (Phi) is 9.21. The van der Waals surface area contributed by atoms with Crippen LogP contribution in [0.2, 0.25) is 0 Å². The molecule has 3 atom stereocenters. The Hall–Kier alpha value is -5.89. The van der Waals surface area contributed by atoms with Crippen LogP contribution in [0.15, 0.2) is 66.0 Å². The highest BCUT2D eigenvalue weighted by Crippen LogP contribution is 2.30. The fraction of sp³-hybridized carbons (Fsp3) is 0.267. The smallest absolute Gasteiger partial charge is 0.331 e. The molecule has 50 heavy (non-hydrogen) atoms. The fourth-order valence-electron chi connectivity index (χ4n) is 5.71. The van der Waals surface area contributed by atoms with Gasteiger partial charge in [-0.2, -0.15) is 0 Å². The number of imide groups is 1. The molecule has 4 heterocycles. The van der Waals surface area contributed by atoms with Gasteiger partial charge in [0.05, 0.1) is 45.7 Å². The summed E-state index contributed by atoms with van der Waals surface area (Å²) in [5.74, 6) is -6.21. The number of nitrogens with zero attached hydrogens (tertiary/aromatic N) is 7. The third kappa shape index (κ3) is 6.69. The molecule has 0 spiro atoms. The average Bonchev–Trinajstić information content (AvgIpc) is 3.64. The van der Waals surface area contributed by atoms with Crippen LogP contribution in [0, 0.1) is 17.6 Å². The van der Waals surface area contributed by atoms with Crippen molar-refractivity contribution in [1.29, 1.82) is 0 Å². The summed E-state index contributed by atoms with van der Waals surface area (Å²) in [4.78, 5) is 57.5. The number of tetrazole rings is 1. The van der Waals surface area contributed by atoms with Crippen molar-refractivity contribution in [2.24, 2.45) is 5.92 Å². The summed E-state index contributed by atoms with van der Waals surface area (Å²) in [6.45, 7) is 1.12. The number of benzene rings is 2. The number of carbonyl (C=O) groups is 4. The van der Waals surface area contributed by atoms with Gasteiger partial charge in [-0.25, -0.2) is 36.4 Å². The Morgan fingerprint density at radius 2 is 1.82 bits per heavy atom. The van der Waals surface area contributed by atoms with Crippen LogP contribution >= 0.6 is 0 Å². The summed E-state index contributed by atoms with van der Waals surface area (Å²) in [5.41, 5.74) is -0.918. The van der Waals surface area contributed by atoms with E-state index in [1.54, 1.807) is 7.05 Å². The molecule has 2 fully saturated rings. The summed E-state index contributed by atoms with van der Waals surface area (Å²) >= 11 is 0. The Bertz CT molecular complexity index is 2070. The zero-order chi connectivity index (χ0) is 35.7. The molecule has 2 aromatic carbocycles. The minimum absolute atomic E-state index is 0.147. The molecule has 20 heteroatoms. The monoisotopic (exact) mass is 710 g/mol. The number of sulfonamides is 1. The highest BCUT2D eigenvalue weighted by molar-refractivity contribution is 7.92. The number of anilines is 2. The number of piperidine rings is 1. The van der Waals surface area contributed by atoms with E-state index in [-0.39, 0.29) is 28.2 Å². The average molecular weight is 711 g/mol. The standard InChI is InChI=1S/C30H28F2N10O7S/c1-40-26-14-33-9-8-20(26)28(44)42(30(40)47)18-3-2-16(34-13-18)10-25(29(45)46)36-27(43)21-11-23(32)24(12-22(21)31)37-50(48,49)19-6-4-17(5-7-19)41-15-35-38-39-41/h2-7,11-13,15,20,25-26,33,37H,8-10,14H2,1H3,(H,36,43)(H,45,46)/t20?,25-,26?/m0/s1. The molecule has 2 unspecified atom stereocenters. The van der Waals surface area contributed by atoms with Gasteiger partial charge in [0.2, 0.25) is 5.91 Å². The topological polar surface area (TPSA) is 222 Å². The van der Waals surface area contributed by atoms with E-state index in [0.29, 0.717) is 37.3 Å². The second-order valence-electron chi connectivity index (χ2n) is 11.5. The molecule has 2 aliphatic heterocycles. The van der Waals surface area contributed by atoms with Gasteiger partial charge in [0.15, 0.2) is 0 Å². The first-order chi connectivity index (χ1) is 23.8. The Labute approximate surface area is 282 Å². The molecule has 2 aromatic heterocycles. The maximum Gasteiger partial charge on any atom is 0.331 e. The van der Waals surface area contributed by atoms with Crippen molar-refractivity contribution in [2.45, 2.75) is 29.8 Å². The van der Waals surface area contributed by atoms with E-state index < -0.39 is 69.2 Å². The largest absolute Gasteiger partial charge is 0.480 e. The lowest BCUT2D eigenvalue weighted by atomic mass is 9.88. The van der Waals surface area contributed by atoms with Crippen LogP contribution in [-0.4, -0.2) is 99.7 Å². The molecule has 2 aliphatic rings. The zero-order valence-corrected chi connectivity index (χ0v) is 26.8. The van der Waals surface area contributed by atoms with Gasteiger partial charge in [0.25, 0.3) is 15.9 Å². The van der Waals surface area contributed by atoms with Gasteiger partial charge in [-0.1, -0.05) is 0 Å². The third-order valence-electron chi connectivity index (χ3n) is 8.37. The predicted molar refractivity (Wildman–Crippen MR) is 169 cm³/mol. The first kappa shape index (κ1) is 34.0. The van der Waals surface area contributed by atoms with Gasteiger partial charge in [-0.05, 0) is 65.9 Å². The Morgan fingerprint density at radius 3 is 2.48 bits per heavy atom. The number of fused-ring (bicyclic) bond motifs is 1. The number of pyridine rings is 1. The van der Waals surface area contributed by atoms with E-state index in [1.807, 2.05) is 4.72 Å². The second kappa shape index (κ2) is 13.6. The molecule has 4 aromatic rings. The number of carboxylic acids is 1. The van der Waals surface area contributed by atoms with Gasteiger partial charge in [0, 0.05) is 31.8 Å². The first-order valence-electron chi connectivity index (χ1n) is 15.0.